The minimum Gasteiger partial charge on any atom is -0.480 e. The Morgan fingerprint density at radius 1 is 1.08 bits per heavy atom. The Kier molecular flexibility index (Phi) is 5.66. The van der Waals surface area contributed by atoms with Crippen molar-refractivity contribution < 1.29 is 14.7 Å². The van der Waals surface area contributed by atoms with Crippen LogP contribution < -0.4 is 0 Å². The van der Waals surface area contributed by atoms with Crippen molar-refractivity contribution in [2.45, 2.75) is 69.7 Å². The van der Waals surface area contributed by atoms with E-state index in [9.17, 15) is 14.7 Å². The summed E-state index contributed by atoms with van der Waals surface area (Å²) in [5.74, 6) is -0.132. The third kappa shape index (κ3) is 3.93. The predicted octanol–water partition coefficient (Wildman–Crippen LogP) is 4.53. The number of aliphatic carboxylic acids is 1. The van der Waals surface area contributed by atoms with Gasteiger partial charge in [0, 0.05) is 11.3 Å². The lowest BCUT2D eigenvalue weighted by Crippen LogP contribution is -2.48. The van der Waals surface area contributed by atoms with Crippen LogP contribution in [0.4, 0.5) is 0 Å². The van der Waals surface area contributed by atoms with Crippen molar-refractivity contribution in [3.05, 3.63) is 35.4 Å². The number of amides is 1. The Morgan fingerprint density at radius 2 is 1.69 bits per heavy atom. The van der Waals surface area contributed by atoms with Crippen molar-refractivity contribution in [2.75, 3.05) is 5.75 Å². The van der Waals surface area contributed by atoms with Crippen LogP contribution in [0.3, 0.4) is 0 Å². The molecule has 1 aliphatic carbocycles. The van der Waals surface area contributed by atoms with E-state index in [0.29, 0.717) is 17.2 Å². The molecule has 1 amide bonds. The number of carboxylic acids is 1. The van der Waals surface area contributed by atoms with Gasteiger partial charge in [0.2, 0.25) is 0 Å². The van der Waals surface area contributed by atoms with Gasteiger partial charge in [-0.15, -0.1) is 11.8 Å². The van der Waals surface area contributed by atoms with Gasteiger partial charge in [0.1, 0.15) is 6.04 Å². The predicted molar refractivity (Wildman–Crippen MR) is 106 cm³/mol. The van der Waals surface area contributed by atoms with E-state index in [-0.39, 0.29) is 16.7 Å². The molecular formula is C21H29NO3S. The lowest BCUT2D eigenvalue weighted by atomic mass is 9.86. The second kappa shape index (κ2) is 7.63. The summed E-state index contributed by atoms with van der Waals surface area (Å²) < 4.78 is 0. The van der Waals surface area contributed by atoms with Crippen LogP contribution in [-0.4, -0.2) is 39.1 Å². The molecular weight excluding hydrogens is 346 g/mol. The molecule has 4 nitrogen and oxygen atoms in total. The minimum atomic E-state index is -0.893. The van der Waals surface area contributed by atoms with Crippen molar-refractivity contribution in [1.29, 1.82) is 0 Å². The van der Waals surface area contributed by atoms with Crippen molar-refractivity contribution in [3.63, 3.8) is 0 Å². The topological polar surface area (TPSA) is 57.6 Å². The van der Waals surface area contributed by atoms with E-state index in [1.807, 2.05) is 24.3 Å². The quantitative estimate of drug-likeness (QED) is 0.843. The third-order valence-corrected chi connectivity index (χ3v) is 7.07. The smallest absolute Gasteiger partial charge is 0.327 e. The molecule has 1 saturated carbocycles. The van der Waals surface area contributed by atoms with Crippen LogP contribution in [0.2, 0.25) is 0 Å². The number of hydrogen-bond acceptors (Lipinski definition) is 3. The Labute approximate surface area is 160 Å². The van der Waals surface area contributed by atoms with Crippen molar-refractivity contribution >= 4 is 23.6 Å². The molecule has 0 bridgehead atoms. The first-order valence-electron chi connectivity index (χ1n) is 9.56. The highest BCUT2D eigenvalue weighted by molar-refractivity contribution is 8.00. The molecule has 1 aromatic carbocycles. The van der Waals surface area contributed by atoms with Crippen LogP contribution in [0.1, 0.15) is 68.8 Å². The molecule has 2 atom stereocenters. The van der Waals surface area contributed by atoms with E-state index in [2.05, 4.69) is 20.8 Å². The van der Waals surface area contributed by atoms with E-state index in [1.54, 1.807) is 16.7 Å². The SMILES string of the molecule is CC(C)(C)c1ccc(C(=O)N2[C@H](C(=O)O)CS[C@H]2C2CCCCC2)cc1. The molecule has 2 aliphatic rings. The molecule has 1 aliphatic heterocycles. The molecule has 0 radical (unpaired) electrons. The Bertz CT molecular complexity index is 659. The second-order valence-electron chi connectivity index (χ2n) is 8.52. The summed E-state index contributed by atoms with van der Waals surface area (Å²) in [7, 11) is 0. The zero-order valence-electron chi connectivity index (χ0n) is 15.9. The Hall–Kier alpha value is -1.49. The summed E-state index contributed by atoms with van der Waals surface area (Å²) >= 11 is 1.65. The van der Waals surface area contributed by atoms with Gasteiger partial charge >= 0.3 is 5.97 Å². The van der Waals surface area contributed by atoms with Crippen LogP contribution >= 0.6 is 11.8 Å². The Balaban J connectivity index is 1.86. The van der Waals surface area contributed by atoms with Gasteiger partial charge in [-0.3, -0.25) is 4.79 Å². The Morgan fingerprint density at radius 3 is 2.23 bits per heavy atom. The summed E-state index contributed by atoms with van der Waals surface area (Å²) in [5, 5.41) is 9.63. The van der Waals surface area contributed by atoms with Crippen molar-refractivity contribution in [1.82, 2.24) is 4.90 Å². The molecule has 142 valence electrons. The fourth-order valence-electron chi connectivity index (χ4n) is 4.02. The highest BCUT2D eigenvalue weighted by atomic mass is 32.2. The summed E-state index contributed by atoms with van der Waals surface area (Å²) in [5.41, 5.74) is 1.79. The maximum Gasteiger partial charge on any atom is 0.327 e. The average Bonchev–Trinajstić information content (AvgIpc) is 3.06. The van der Waals surface area contributed by atoms with Gasteiger partial charge in [-0.1, -0.05) is 52.2 Å². The minimum absolute atomic E-state index is 0.00815. The molecule has 1 heterocycles. The van der Waals surface area contributed by atoms with E-state index < -0.39 is 12.0 Å². The van der Waals surface area contributed by atoms with Gasteiger partial charge in [-0.25, -0.2) is 4.79 Å². The number of carbonyl (C=O) groups is 2. The van der Waals surface area contributed by atoms with Gasteiger partial charge in [0.05, 0.1) is 5.37 Å². The third-order valence-electron chi connectivity index (χ3n) is 5.61. The van der Waals surface area contributed by atoms with Crippen LogP contribution in [0, 0.1) is 5.92 Å². The summed E-state index contributed by atoms with van der Waals surface area (Å²) in [6, 6.07) is 6.96. The van der Waals surface area contributed by atoms with Gasteiger partial charge in [-0.2, -0.15) is 0 Å². The zero-order chi connectivity index (χ0) is 18.9. The number of carboxylic acid groups (broad SMARTS) is 1. The summed E-state index contributed by atoms with van der Waals surface area (Å²) in [6.45, 7) is 6.42. The number of rotatable bonds is 3. The normalized spacial score (nSPS) is 24.7. The van der Waals surface area contributed by atoms with E-state index in [4.69, 9.17) is 0 Å². The fourth-order valence-corrected chi connectivity index (χ4v) is 5.65. The zero-order valence-corrected chi connectivity index (χ0v) is 16.7. The maximum atomic E-state index is 13.2. The number of benzene rings is 1. The monoisotopic (exact) mass is 375 g/mol. The van der Waals surface area contributed by atoms with Gasteiger partial charge in [0.15, 0.2) is 0 Å². The van der Waals surface area contributed by atoms with Crippen LogP contribution in [-0.2, 0) is 10.2 Å². The molecule has 1 aromatic rings. The average molecular weight is 376 g/mol. The molecule has 26 heavy (non-hydrogen) atoms. The first-order valence-corrected chi connectivity index (χ1v) is 10.6. The van der Waals surface area contributed by atoms with Gasteiger partial charge in [-0.05, 0) is 41.9 Å². The van der Waals surface area contributed by atoms with E-state index >= 15 is 0 Å². The molecule has 1 N–H and O–H groups in total. The number of carbonyl (C=O) groups excluding carboxylic acids is 1. The number of thioether (sulfide) groups is 1. The van der Waals surface area contributed by atoms with E-state index in [0.717, 1.165) is 12.8 Å². The molecule has 2 fully saturated rings. The first kappa shape index (κ1) is 19.3. The number of hydrogen-bond donors (Lipinski definition) is 1. The summed E-state index contributed by atoms with van der Waals surface area (Å²) in [4.78, 5) is 26.6. The molecule has 0 spiro atoms. The molecule has 1 saturated heterocycles. The van der Waals surface area contributed by atoms with Crippen LogP contribution in [0.15, 0.2) is 24.3 Å². The van der Waals surface area contributed by atoms with Crippen LogP contribution in [0.25, 0.3) is 0 Å². The second-order valence-corrected chi connectivity index (χ2v) is 9.67. The molecule has 0 aromatic heterocycles. The van der Waals surface area contributed by atoms with Gasteiger partial charge in [0.25, 0.3) is 5.91 Å². The highest BCUT2D eigenvalue weighted by Crippen LogP contribution is 2.41. The van der Waals surface area contributed by atoms with Crippen molar-refractivity contribution in [2.24, 2.45) is 5.92 Å². The molecule has 0 unspecified atom stereocenters. The van der Waals surface area contributed by atoms with Crippen molar-refractivity contribution in [3.8, 4) is 0 Å². The maximum absolute atomic E-state index is 13.2. The highest BCUT2D eigenvalue weighted by Gasteiger charge is 2.45. The lowest BCUT2D eigenvalue weighted by molar-refractivity contribution is -0.141. The molecule has 5 heteroatoms. The van der Waals surface area contributed by atoms with E-state index in [1.165, 1.54) is 24.8 Å². The van der Waals surface area contributed by atoms with Crippen LogP contribution in [0.5, 0.6) is 0 Å². The standard InChI is InChI=1S/C21H29NO3S/c1-21(2,3)16-11-9-14(10-12-16)18(23)22-17(20(24)25)13-26-19(22)15-7-5-4-6-8-15/h9-12,15,17,19H,4-8,13H2,1-3H3,(H,24,25)/t17-,19-/m0/s1. The number of nitrogens with zero attached hydrogens (tertiary/aromatic N) is 1. The largest absolute Gasteiger partial charge is 0.480 e. The first-order chi connectivity index (χ1) is 12.3. The fraction of sp³-hybridized carbons (Fsp3) is 0.619. The summed E-state index contributed by atoms with van der Waals surface area (Å²) in [6.07, 6.45) is 5.80. The van der Waals surface area contributed by atoms with Gasteiger partial charge < -0.3 is 10.0 Å². The lowest BCUT2D eigenvalue weighted by Gasteiger charge is -2.35. The molecule has 3 rings (SSSR count).